The molecule has 0 bridgehead atoms. The van der Waals surface area contributed by atoms with Gasteiger partial charge in [-0.2, -0.15) is 5.10 Å². The van der Waals surface area contributed by atoms with Crippen molar-refractivity contribution in [1.29, 1.82) is 0 Å². The maximum absolute atomic E-state index is 13.2. The predicted molar refractivity (Wildman–Crippen MR) is 99.5 cm³/mol. The molecule has 0 saturated heterocycles. The fourth-order valence-electron chi connectivity index (χ4n) is 4.55. The van der Waals surface area contributed by atoms with Crippen LogP contribution in [0.4, 0.5) is 0 Å². The van der Waals surface area contributed by atoms with Crippen LogP contribution in [0.15, 0.2) is 71.1 Å². The Morgan fingerprint density at radius 2 is 2.11 bits per heavy atom. The number of aliphatic hydroxyl groups excluding tert-OH is 1. The van der Waals surface area contributed by atoms with E-state index in [0.29, 0.717) is 11.3 Å². The summed E-state index contributed by atoms with van der Waals surface area (Å²) < 4.78 is 7.19. The van der Waals surface area contributed by atoms with Gasteiger partial charge in [0.05, 0.1) is 24.3 Å². The molecule has 0 radical (unpaired) electrons. The summed E-state index contributed by atoms with van der Waals surface area (Å²) in [6, 6.07) is 11.0. The lowest BCUT2D eigenvalue weighted by Gasteiger charge is -2.34. The lowest BCUT2D eigenvalue weighted by atomic mass is 9.76. The number of aliphatic hydroxyl groups is 1. The Bertz CT molecular complexity index is 1020. The molecule has 1 aliphatic heterocycles. The standard InChI is InChI=1S/C21H20N4O3/c26-16-10-15(17-6-3-9-28-17)20(25-12-22-11-24-25)21(27)18(16)19-14-5-2-1-4-13(14)7-8-23-19/h1-6,9,11-12,15,19-20,23,27H,7-8,10H2/p+1/t15-,19-,20-/m1/s1. The van der Waals surface area contributed by atoms with Gasteiger partial charge in [-0.15, -0.1) is 0 Å². The minimum atomic E-state index is -0.524. The van der Waals surface area contributed by atoms with Crippen LogP contribution in [0.2, 0.25) is 0 Å². The number of furan rings is 1. The Balaban J connectivity index is 1.65. The molecule has 3 N–H and O–H groups in total. The molecule has 1 aromatic carbocycles. The van der Waals surface area contributed by atoms with Crippen molar-refractivity contribution in [2.75, 3.05) is 6.54 Å². The summed E-state index contributed by atoms with van der Waals surface area (Å²) in [6.45, 7) is 0.876. The Morgan fingerprint density at radius 1 is 1.21 bits per heavy atom. The predicted octanol–water partition coefficient (Wildman–Crippen LogP) is 1.84. The van der Waals surface area contributed by atoms with Crippen LogP contribution in [0, 0.1) is 0 Å². The van der Waals surface area contributed by atoms with Crippen LogP contribution in [-0.2, 0) is 11.2 Å². The molecule has 0 saturated carbocycles. The van der Waals surface area contributed by atoms with Gasteiger partial charge in [0, 0.05) is 18.4 Å². The Labute approximate surface area is 161 Å². The maximum atomic E-state index is 13.2. The van der Waals surface area contributed by atoms with Crippen molar-refractivity contribution in [2.24, 2.45) is 0 Å². The van der Waals surface area contributed by atoms with Crippen LogP contribution in [0.5, 0.6) is 0 Å². The van der Waals surface area contributed by atoms with Gasteiger partial charge >= 0.3 is 0 Å². The summed E-state index contributed by atoms with van der Waals surface area (Å²) in [7, 11) is 0. The van der Waals surface area contributed by atoms with Crippen LogP contribution < -0.4 is 5.32 Å². The van der Waals surface area contributed by atoms with Gasteiger partial charge in [0.1, 0.15) is 36.3 Å². The molecule has 5 rings (SSSR count). The monoisotopic (exact) mass is 377 g/mol. The molecule has 0 spiro atoms. The molecule has 1 aliphatic carbocycles. The average molecular weight is 377 g/mol. The van der Waals surface area contributed by atoms with Gasteiger partial charge in [-0.1, -0.05) is 24.3 Å². The van der Waals surface area contributed by atoms with E-state index in [1.165, 1.54) is 11.9 Å². The summed E-state index contributed by atoms with van der Waals surface area (Å²) in [5.74, 6) is 0.341. The highest BCUT2D eigenvalue weighted by Crippen LogP contribution is 2.44. The molecular formula is C21H21N4O3+. The highest BCUT2D eigenvalue weighted by molar-refractivity contribution is 5.98. The zero-order valence-corrected chi connectivity index (χ0v) is 15.2. The number of hydrogen-bond donors (Lipinski definition) is 2. The quantitative estimate of drug-likeness (QED) is 0.726. The first-order valence-corrected chi connectivity index (χ1v) is 9.49. The highest BCUT2D eigenvalue weighted by atomic mass is 16.3. The third kappa shape index (κ3) is 2.66. The van der Waals surface area contributed by atoms with Crippen molar-refractivity contribution in [2.45, 2.75) is 30.8 Å². The number of carbonyl (C=O) groups is 1. The molecule has 0 unspecified atom stereocenters. The van der Waals surface area contributed by atoms with Gasteiger partial charge < -0.3 is 14.8 Å². The lowest BCUT2D eigenvalue weighted by molar-refractivity contribution is -0.690. The second-order valence-corrected chi connectivity index (χ2v) is 7.32. The second kappa shape index (κ2) is 6.76. The van der Waals surface area contributed by atoms with E-state index in [0.717, 1.165) is 18.5 Å². The Hall–Kier alpha value is -3.19. The third-order valence-corrected chi connectivity index (χ3v) is 5.79. The fourth-order valence-corrected chi connectivity index (χ4v) is 4.55. The first kappa shape index (κ1) is 16.9. The smallest absolute Gasteiger partial charge is 0.169 e. The summed E-state index contributed by atoms with van der Waals surface area (Å²) >= 11 is 0. The summed E-state index contributed by atoms with van der Waals surface area (Å²) in [4.78, 5) is 17.2. The number of nitrogens with zero attached hydrogens (tertiary/aromatic N) is 3. The van der Waals surface area contributed by atoms with E-state index in [1.54, 1.807) is 23.3 Å². The number of Topliss-reactive ketones (excluding diaryl/α,β-unsaturated/α-hetero) is 1. The van der Waals surface area contributed by atoms with Crippen molar-refractivity contribution in [1.82, 2.24) is 14.8 Å². The van der Waals surface area contributed by atoms with Gasteiger partial charge in [-0.25, -0.2) is 9.67 Å². The van der Waals surface area contributed by atoms with Crippen LogP contribution in [0.3, 0.4) is 0 Å². The van der Waals surface area contributed by atoms with Gasteiger partial charge in [0.2, 0.25) is 0 Å². The molecule has 0 fully saturated rings. The van der Waals surface area contributed by atoms with E-state index in [-0.39, 0.29) is 29.9 Å². The highest BCUT2D eigenvalue weighted by Gasteiger charge is 2.45. The molecule has 7 nitrogen and oxygen atoms in total. The number of allylic oxidation sites excluding steroid dienone is 1. The van der Waals surface area contributed by atoms with Crippen molar-refractivity contribution in [3.63, 3.8) is 0 Å². The largest absolute Gasteiger partial charge is 0.509 e. The number of benzene rings is 1. The number of carbonyl (C=O) groups excluding carboxylic acids is 1. The Kier molecular flexibility index (Phi) is 4.09. The second-order valence-electron chi connectivity index (χ2n) is 7.32. The number of quaternary nitrogens is 1. The molecule has 3 atom stereocenters. The van der Waals surface area contributed by atoms with E-state index in [1.807, 2.05) is 24.3 Å². The number of hydrogen-bond acceptors (Lipinski definition) is 5. The molecule has 142 valence electrons. The number of aromatic nitrogens is 3. The maximum Gasteiger partial charge on any atom is 0.169 e. The van der Waals surface area contributed by atoms with E-state index in [2.05, 4.69) is 21.5 Å². The molecule has 3 heterocycles. The lowest BCUT2D eigenvalue weighted by Crippen LogP contribution is -2.88. The summed E-state index contributed by atoms with van der Waals surface area (Å²) in [5.41, 5.74) is 2.79. The Morgan fingerprint density at radius 3 is 2.89 bits per heavy atom. The van der Waals surface area contributed by atoms with Gasteiger partial charge in [0.15, 0.2) is 5.78 Å². The molecular weight excluding hydrogens is 356 g/mol. The summed E-state index contributed by atoms with van der Waals surface area (Å²) in [6.07, 6.45) is 5.80. The molecule has 7 heteroatoms. The van der Waals surface area contributed by atoms with Gasteiger partial charge in [0.25, 0.3) is 0 Å². The van der Waals surface area contributed by atoms with Gasteiger partial charge in [-0.3, -0.25) is 4.79 Å². The van der Waals surface area contributed by atoms with Crippen LogP contribution in [-0.4, -0.2) is 32.2 Å². The minimum Gasteiger partial charge on any atom is -0.509 e. The fraction of sp³-hybridized carbons (Fsp3) is 0.286. The molecule has 28 heavy (non-hydrogen) atoms. The van der Waals surface area contributed by atoms with Crippen molar-refractivity contribution < 1.29 is 19.6 Å². The molecule has 2 aliphatic rings. The number of rotatable bonds is 3. The first-order valence-electron chi connectivity index (χ1n) is 9.49. The first-order chi connectivity index (χ1) is 13.7. The number of fused-ring (bicyclic) bond motifs is 1. The van der Waals surface area contributed by atoms with Crippen molar-refractivity contribution >= 4 is 5.78 Å². The van der Waals surface area contributed by atoms with E-state index >= 15 is 0 Å². The third-order valence-electron chi connectivity index (χ3n) is 5.79. The molecule has 0 amide bonds. The number of nitrogens with two attached hydrogens (primary N) is 1. The van der Waals surface area contributed by atoms with Crippen LogP contribution in [0.25, 0.3) is 0 Å². The topological polar surface area (TPSA) is 97.8 Å². The minimum absolute atomic E-state index is 0.0479. The van der Waals surface area contributed by atoms with E-state index < -0.39 is 6.04 Å². The number of ketones is 1. The molecule has 2 aromatic heterocycles. The van der Waals surface area contributed by atoms with E-state index in [9.17, 15) is 9.90 Å². The SMILES string of the molecule is O=C1C[C@H](c2ccco2)[C@@H](n2cncn2)C(O)=C1[C@@H]1[NH2+]CCc2ccccc21. The molecule has 3 aromatic rings. The average Bonchev–Trinajstić information content (AvgIpc) is 3.42. The van der Waals surface area contributed by atoms with E-state index in [4.69, 9.17) is 4.42 Å². The van der Waals surface area contributed by atoms with Crippen molar-refractivity contribution in [3.05, 3.63) is 83.5 Å². The summed E-state index contributed by atoms with van der Waals surface area (Å²) in [5, 5.41) is 17.7. The van der Waals surface area contributed by atoms with Gasteiger partial charge in [-0.05, 0) is 17.7 Å². The zero-order chi connectivity index (χ0) is 19.1. The van der Waals surface area contributed by atoms with Crippen LogP contribution in [0.1, 0.15) is 41.3 Å². The normalized spacial score (nSPS) is 25.0. The van der Waals surface area contributed by atoms with Crippen LogP contribution >= 0.6 is 0 Å². The van der Waals surface area contributed by atoms with Crippen molar-refractivity contribution in [3.8, 4) is 0 Å². The zero-order valence-electron chi connectivity index (χ0n) is 15.2.